The van der Waals surface area contributed by atoms with Gasteiger partial charge in [0.15, 0.2) is 11.6 Å². The molecule has 226 valence electrons. The van der Waals surface area contributed by atoms with Gasteiger partial charge in [0.25, 0.3) is 5.89 Å². The van der Waals surface area contributed by atoms with Gasteiger partial charge in [-0.3, -0.25) is 14.4 Å². The van der Waals surface area contributed by atoms with Crippen LogP contribution in [-0.4, -0.2) is 57.4 Å². The van der Waals surface area contributed by atoms with E-state index >= 15 is 0 Å². The lowest BCUT2D eigenvalue weighted by Gasteiger charge is -2.43. The van der Waals surface area contributed by atoms with Gasteiger partial charge in [-0.15, -0.1) is 0 Å². The second-order valence-corrected chi connectivity index (χ2v) is 10.9. The van der Waals surface area contributed by atoms with Gasteiger partial charge < -0.3 is 20.0 Å². The number of hydrogen-bond acceptors (Lipinski definition) is 6. The van der Waals surface area contributed by atoms with Crippen LogP contribution in [0, 0.1) is 17.5 Å². The quantitative estimate of drug-likeness (QED) is 0.343. The van der Waals surface area contributed by atoms with E-state index in [9.17, 15) is 40.7 Å². The number of anilines is 1. The topological polar surface area (TPSA) is 117 Å². The van der Waals surface area contributed by atoms with E-state index in [-0.39, 0.29) is 18.7 Å². The first-order valence-electron chi connectivity index (χ1n) is 13.4. The number of likely N-dealkylation sites (tertiary alicyclic amines) is 1. The molecule has 0 saturated carbocycles. The summed E-state index contributed by atoms with van der Waals surface area (Å²) in [6, 6.07) is 1.57. The Morgan fingerprint density at radius 3 is 2.67 bits per heavy atom. The molecule has 2 aromatic heterocycles. The highest BCUT2D eigenvalue weighted by Gasteiger charge is 2.51. The van der Waals surface area contributed by atoms with Crippen molar-refractivity contribution in [1.29, 1.82) is 0 Å². The molecule has 0 bridgehead atoms. The van der Waals surface area contributed by atoms with Gasteiger partial charge in [0, 0.05) is 42.1 Å². The van der Waals surface area contributed by atoms with Gasteiger partial charge in [-0.05, 0) is 38.0 Å². The molecule has 1 fully saturated rings. The molecule has 1 aromatic carbocycles. The zero-order valence-electron chi connectivity index (χ0n) is 22.4. The van der Waals surface area contributed by atoms with Crippen LogP contribution in [0.3, 0.4) is 0 Å². The van der Waals surface area contributed by atoms with Crippen LogP contribution in [0.1, 0.15) is 58.9 Å². The predicted molar refractivity (Wildman–Crippen MR) is 135 cm³/mol. The summed E-state index contributed by atoms with van der Waals surface area (Å²) < 4.78 is 89.3. The molecule has 2 aliphatic heterocycles. The van der Waals surface area contributed by atoms with Crippen LogP contribution in [-0.2, 0) is 27.8 Å². The zero-order chi connectivity index (χ0) is 30.8. The van der Waals surface area contributed by atoms with E-state index in [0.29, 0.717) is 46.3 Å². The maximum atomic E-state index is 14.7. The van der Waals surface area contributed by atoms with Crippen LogP contribution >= 0.6 is 0 Å². The van der Waals surface area contributed by atoms with E-state index in [4.69, 9.17) is 4.42 Å². The number of carbonyl (C=O) groups excluding carboxylic acids is 3. The molecular formula is C28H23F6N5O4. The van der Waals surface area contributed by atoms with Crippen molar-refractivity contribution in [1.82, 2.24) is 20.2 Å². The van der Waals surface area contributed by atoms with E-state index in [1.165, 1.54) is 13.1 Å². The smallest absolute Gasteiger partial charge is 0.406 e. The number of benzene rings is 1. The van der Waals surface area contributed by atoms with Gasteiger partial charge in [-0.1, -0.05) is 6.07 Å². The molecule has 43 heavy (non-hydrogen) atoms. The van der Waals surface area contributed by atoms with Crippen molar-refractivity contribution in [3.63, 3.8) is 0 Å². The summed E-state index contributed by atoms with van der Waals surface area (Å²) in [7, 11) is 0. The third-order valence-electron chi connectivity index (χ3n) is 8.46. The second kappa shape index (κ2) is 10.1. The fourth-order valence-electron chi connectivity index (χ4n) is 6.35. The van der Waals surface area contributed by atoms with Crippen molar-refractivity contribution >= 4 is 23.5 Å². The van der Waals surface area contributed by atoms with E-state index in [0.717, 1.165) is 0 Å². The van der Waals surface area contributed by atoms with Crippen LogP contribution in [0.15, 0.2) is 34.9 Å². The Labute approximate surface area is 239 Å². The van der Waals surface area contributed by atoms with E-state index in [1.54, 1.807) is 12.1 Å². The van der Waals surface area contributed by atoms with Crippen molar-refractivity contribution in [3.05, 3.63) is 76.4 Å². The van der Waals surface area contributed by atoms with Crippen molar-refractivity contribution in [3.8, 4) is 0 Å². The fraction of sp³-hybridized carbons (Fsp3) is 0.393. The van der Waals surface area contributed by atoms with Crippen LogP contribution in [0.4, 0.5) is 32.2 Å². The SMILES string of the molecule is C[C@@H]1[C@H](c2c(F)ccc(F)c2F)C[C@H](NC(=O)c2nc3c(o2)CCC2(C3)C(=O)Nc3ncccc32)C(=O)N1CC(F)(F)F. The Hall–Kier alpha value is -4.43. The van der Waals surface area contributed by atoms with Gasteiger partial charge in [0.05, 0.1) is 11.1 Å². The summed E-state index contributed by atoms with van der Waals surface area (Å²) in [4.78, 5) is 48.1. The lowest BCUT2D eigenvalue weighted by atomic mass is 9.71. The number of hydrogen-bond donors (Lipinski definition) is 2. The molecule has 1 aliphatic carbocycles. The minimum atomic E-state index is -4.88. The summed E-state index contributed by atoms with van der Waals surface area (Å²) in [5.74, 6) is -7.88. The number of oxazole rings is 1. The molecule has 1 spiro atoms. The van der Waals surface area contributed by atoms with Crippen molar-refractivity contribution < 1.29 is 45.1 Å². The Morgan fingerprint density at radius 2 is 1.93 bits per heavy atom. The Kier molecular flexibility index (Phi) is 6.73. The molecule has 1 saturated heterocycles. The maximum absolute atomic E-state index is 14.7. The summed E-state index contributed by atoms with van der Waals surface area (Å²) in [6.45, 7) is -0.594. The molecule has 9 nitrogen and oxygen atoms in total. The number of aryl methyl sites for hydroxylation is 1. The zero-order valence-corrected chi connectivity index (χ0v) is 22.4. The molecule has 2 N–H and O–H groups in total. The molecule has 4 heterocycles. The average molecular weight is 608 g/mol. The lowest BCUT2D eigenvalue weighted by molar-refractivity contribution is -0.170. The highest BCUT2D eigenvalue weighted by Crippen LogP contribution is 2.45. The van der Waals surface area contributed by atoms with Gasteiger partial charge in [-0.2, -0.15) is 13.2 Å². The highest BCUT2D eigenvalue weighted by atomic mass is 19.4. The van der Waals surface area contributed by atoms with Crippen LogP contribution in [0.5, 0.6) is 0 Å². The van der Waals surface area contributed by atoms with Gasteiger partial charge in [0.1, 0.15) is 30.0 Å². The number of alkyl halides is 3. The number of rotatable bonds is 4. The largest absolute Gasteiger partial charge is 0.437 e. The number of amides is 3. The molecule has 1 unspecified atom stereocenters. The number of piperidine rings is 1. The summed E-state index contributed by atoms with van der Waals surface area (Å²) >= 11 is 0. The molecule has 6 rings (SSSR count). The van der Waals surface area contributed by atoms with Crippen molar-refractivity contribution in [2.75, 3.05) is 11.9 Å². The molecule has 15 heteroatoms. The number of nitrogens with one attached hydrogen (secondary N) is 2. The van der Waals surface area contributed by atoms with Crippen LogP contribution in [0.25, 0.3) is 0 Å². The minimum absolute atomic E-state index is 0.0864. The van der Waals surface area contributed by atoms with Crippen LogP contribution in [0.2, 0.25) is 0 Å². The molecule has 3 aromatic rings. The summed E-state index contributed by atoms with van der Waals surface area (Å²) in [5, 5.41) is 5.03. The molecule has 3 aliphatic rings. The van der Waals surface area contributed by atoms with Crippen molar-refractivity contribution in [2.45, 2.75) is 62.2 Å². The van der Waals surface area contributed by atoms with Gasteiger partial charge in [0.2, 0.25) is 11.8 Å². The lowest BCUT2D eigenvalue weighted by Crippen LogP contribution is -2.60. The van der Waals surface area contributed by atoms with Crippen LogP contribution < -0.4 is 10.6 Å². The van der Waals surface area contributed by atoms with E-state index < -0.39 is 83.3 Å². The minimum Gasteiger partial charge on any atom is -0.437 e. The highest BCUT2D eigenvalue weighted by molar-refractivity contribution is 6.05. The number of halogens is 6. The number of nitrogens with zero attached hydrogens (tertiary/aromatic N) is 3. The maximum Gasteiger partial charge on any atom is 0.406 e. The molecule has 4 atom stereocenters. The van der Waals surface area contributed by atoms with E-state index in [1.807, 2.05) is 0 Å². The first-order valence-corrected chi connectivity index (χ1v) is 13.4. The Balaban J connectivity index is 1.28. The average Bonchev–Trinajstić information content (AvgIpc) is 3.49. The first kappa shape index (κ1) is 28.7. The standard InChI is InChI=1S/C28H23F6N5O4/c1-12-13(20-15(29)4-5-16(30)21(20)31)9-17(25(41)39(12)11-28(32,33)34)36-23(40)24-37-18-10-27(7-6-19(18)43-24)14-3-2-8-35-22(14)38-26(27)42/h2-5,8,12-13,17H,6-7,9-11H2,1H3,(H,36,40)(H,35,38,42)/t12-,13-,17+,27?/m1/s1. The van der Waals surface area contributed by atoms with Crippen molar-refractivity contribution in [2.24, 2.45) is 0 Å². The van der Waals surface area contributed by atoms with E-state index in [2.05, 4.69) is 20.6 Å². The number of aromatic nitrogens is 2. The molecular weight excluding hydrogens is 584 g/mol. The predicted octanol–water partition coefficient (Wildman–Crippen LogP) is 3.93. The Bertz CT molecular complexity index is 1660. The van der Waals surface area contributed by atoms with Gasteiger partial charge in [-0.25, -0.2) is 23.1 Å². The first-order chi connectivity index (χ1) is 20.3. The summed E-state index contributed by atoms with van der Waals surface area (Å²) in [5.41, 5.74) is -0.824. The Morgan fingerprint density at radius 1 is 1.19 bits per heavy atom. The number of pyridine rings is 1. The fourth-order valence-corrected chi connectivity index (χ4v) is 6.35. The molecule has 3 amide bonds. The second-order valence-electron chi connectivity index (χ2n) is 10.9. The third kappa shape index (κ3) is 4.79. The molecule has 0 radical (unpaired) electrons. The number of carbonyl (C=O) groups is 3. The monoisotopic (exact) mass is 607 g/mol. The number of fused-ring (bicyclic) bond motifs is 3. The van der Waals surface area contributed by atoms with Gasteiger partial charge >= 0.3 is 12.1 Å². The summed E-state index contributed by atoms with van der Waals surface area (Å²) in [6.07, 6.45) is -3.21. The normalized spacial score (nSPS) is 25.0. The third-order valence-corrected chi connectivity index (χ3v) is 8.46.